The molecule has 0 unspecified atom stereocenters. The fourth-order valence-corrected chi connectivity index (χ4v) is 2.56. The Balaban J connectivity index is 2.00. The highest BCUT2D eigenvalue weighted by Crippen LogP contribution is 2.22. The van der Waals surface area contributed by atoms with Gasteiger partial charge in [-0.15, -0.1) is 0 Å². The lowest BCUT2D eigenvalue weighted by molar-refractivity contribution is 0.229. The normalized spacial score (nSPS) is 16.7. The van der Waals surface area contributed by atoms with E-state index in [4.69, 9.17) is 5.73 Å². The van der Waals surface area contributed by atoms with E-state index < -0.39 is 0 Å². The minimum Gasteiger partial charge on any atom is -0.383 e. The van der Waals surface area contributed by atoms with Crippen LogP contribution in [0.15, 0.2) is 0 Å². The molecule has 2 N–H and O–H groups in total. The number of likely N-dealkylation sites (N-methyl/N-ethyl adjacent to an activating group) is 1. The molecular formula is C15H28N6. The summed E-state index contributed by atoms with van der Waals surface area (Å²) in [6.07, 6.45) is 0.820. The summed E-state index contributed by atoms with van der Waals surface area (Å²) in [7, 11) is 4.24. The van der Waals surface area contributed by atoms with Gasteiger partial charge in [0.1, 0.15) is 17.5 Å². The maximum atomic E-state index is 6.02. The van der Waals surface area contributed by atoms with Gasteiger partial charge in [0.2, 0.25) is 0 Å². The van der Waals surface area contributed by atoms with E-state index in [2.05, 4.69) is 45.7 Å². The standard InChI is InChI=1S/C15H28N6/c1-5-13-17-14(16)12(2)15(18-13)21-10-8-20(9-11-21)7-6-19(3)4/h5-11H2,1-4H3,(H2,16,17,18). The van der Waals surface area contributed by atoms with E-state index in [1.165, 1.54) is 0 Å². The molecule has 0 bridgehead atoms. The second kappa shape index (κ2) is 7.04. The lowest BCUT2D eigenvalue weighted by Crippen LogP contribution is -2.48. The minimum absolute atomic E-state index is 0.617. The molecule has 1 aromatic heterocycles. The van der Waals surface area contributed by atoms with E-state index in [0.717, 1.165) is 62.9 Å². The van der Waals surface area contributed by atoms with Crippen molar-refractivity contribution < 1.29 is 0 Å². The Morgan fingerprint density at radius 1 is 1.14 bits per heavy atom. The monoisotopic (exact) mass is 292 g/mol. The summed E-state index contributed by atoms with van der Waals surface area (Å²) in [6.45, 7) is 10.5. The third kappa shape index (κ3) is 4.04. The molecule has 2 rings (SSSR count). The fraction of sp³-hybridized carbons (Fsp3) is 0.733. The van der Waals surface area contributed by atoms with Crippen molar-refractivity contribution in [2.24, 2.45) is 0 Å². The molecule has 1 aliphatic rings. The van der Waals surface area contributed by atoms with Crippen molar-refractivity contribution in [3.8, 4) is 0 Å². The van der Waals surface area contributed by atoms with Crippen molar-refractivity contribution in [1.29, 1.82) is 0 Å². The highest BCUT2D eigenvalue weighted by Gasteiger charge is 2.21. The number of rotatable bonds is 5. The summed E-state index contributed by atoms with van der Waals surface area (Å²) < 4.78 is 0. The second-order valence-corrected chi connectivity index (χ2v) is 5.96. The van der Waals surface area contributed by atoms with Crippen LogP contribution in [0.1, 0.15) is 18.3 Å². The van der Waals surface area contributed by atoms with E-state index in [-0.39, 0.29) is 0 Å². The molecule has 1 fully saturated rings. The number of hydrogen-bond acceptors (Lipinski definition) is 6. The molecule has 2 heterocycles. The molecule has 1 saturated heterocycles. The SMILES string of the molecule is CCc1nc(N)c(C)c(N2CCN(CCN(C)C)CC2)n1. The number of piperazine rings is 1. The first-order chi connectivity index (χ1) is 10.0. The van der Waals surface area contributed by atoms with Crippen LogP contribution in [-0.4, -0.2) is 73.1 Å². The Morgan fingerprint density at radius 2 is 1.81 bits per heavy atom. The summed E-state index contributed by atoms with van der Waals surface area (Å²) in [4.78, 5) is 16.1. The lowest BCUT2D eigenvalue weighted by Gasteiger charge is -2.36. The Bertz CT molecular complexity index is 465. The zero-order valence-corrected chi connectivity index (χ0v) is 13.8. The van der Waals surface area contributed by atoms with E-state index in [0.29, 0.717) is 5.82 Å². The molecule has 0 atom stereocenters. The first-order valence-corrected chi connectivity index (χ1v) is 7.76. The van der Waals surface area contributed by atoms with Gasteiger partial charge in [-0.2, -0.15) is 0 Å². The number of aromatic nitrogens is 2. The van der Waals surface area contributed by atoms with Gasteiger partial charge in [0, 0.05) is 51.3 Å². The summed E-state index contributed by atoms with van der Waals surface area (Å²) >= 11 is 0. The Labute approximate surface area is 127 Å². The molecule has 0 aromatic carbocycles. The lowest BCUT2D eigenvalue weighted by atomic mass is 10.2. The fourth-order valence-electron chi connectivity index (χ4n) is 2.56. The molecule has 1 aromatic rings. The maximum absolute atomic E-state index is 6.02. The molecule has 0 spiro atoms. The molecular weight excluding hydrogens is 264 g/mol. The maximum Gasteiger partial charge on any atom is 0.137 e. The number of hydrogen-bond donors (Lipinski definition) is 1. The summed E-state index contributed by atoms with van der Waals surface area (Å²) in [5.74, 6) is 2.47. The number of nitrogen functional groups attached to an aromatic ring is 1. The van der Waals surface area contributed by atoms with Crippen molar-refractivity contribution >= 4 is 11.6 Å². The van der Waals surface area contributed by atoms with Crippen molar-refractivity contribution in [1.82, 2.24) is 19.8 Å². The highest BCUT2D eigenvalue weighted by molar-refractivity contribution is 5.56. The average molecular weight is 292 g/mol. The molecule has 0 saturated carbocycles. The van der Waals surface area contributed by atoms with Gasteiger partial charge in [-0.3, -0.25) is 4.90 Å². The van der Waals surface area contributed by atoms with Crippen LogP contribution >= 0.6 is 0 Å². The van der Waals surface area contributed by atoms with Crippen molar-refractivity contribution in [2.75, 3.05) is 64.0 Å². The third-order valence-corrected chi connectivity index (χ3v) is 4.06. The van der Waals surface area contributed by atoms with Crippen LogP contribution in [0.5, 0.6) is 0 Å². The predicted octanol–water partition coefficient (Wildman–Crippen LogP) is 0.613. The Morgan fingerprint density at radius 3 is 2.38 bits per heavy atom. The third-order valence-electron chi connectivity index (χ3n) is 4.06. The van der Waals surface area contributed by atoms with E-state index in [9.17, 15) is 0 Å². The highest BCUT2D eigenvalue weighted by atomic mass is 15.3. The Hall–Kier alpha value is -1.40. The van der Waals surface area contributed by atoms with Crippen molar-refractivity contribution in [3.63, 3.8) is 0 Å². The largest absolute Gasteiger partial charge is 0.383 e. The van der Waals surface area contributed by atoms with Gasteiger partial charge < -0.3 is 15.5 Å². The van der Waals surface area contributed by atoms with Gasteiger partial charge in [0.15, 0.2) is 0 Å². The molecule has 21 heavy (non-hydrogen) atoms. The van der Waals surface area contributed by atoms with E-state index >= 15 is 0 Å². The van der Waals surface area contributed by atoms with Gasteiger partial charge in [-0.1, -0.05) is 6.92 Å². The summed E-state index contributed by atoms with van der Waals surface area (Å²) in [5, 5.41) is 0. The van der Waals surface area contributed by atoms with Crippen molar-refractivity contribution in [2.45, 2.75) is 20.3 Å². The smallest absolute Gasteiger partial charge is 0.137 e. The minimum atomic E-state index is 0.617. The van der Waals surface area contributed by atoms with Gasteiger partial charge >= 0.3 is 0 Å². The number of nitrogens with two attached hydrogens (primary N) is 1. The second-order valence-electron chi connectivity index (χ2n) is 5.96. The first-order valence-electron chi connectivity index (χ1n) is 7.76. The zero-order chi connectivity index (χ0) is 15.4. The van der Waals surface area contributed by atoms with Gasteiger partial charge in [-0.25, -0.2) is 9.97 Å². The van der Waals surface area contributed by atoms with Crippen LogP contribution in [0.3, 0.4) is 0 Å². The topological polar surface area (TPSA) is 61.5 Å². The molecule has 6 nitrogen and oxygen atoms in total. The van der Waals surface area contributed by atoms with Gasteiger partial charge in [0.25, 0.3) is 0 Å². The van der Waals surface area contributed by atoms with E-state index in [1.54, 1.807) is 0 Å². The number of nitrogens with zero attached hydrogens (tertiary/aromatic N) is 5. The molecule has 118 valence electrons. The first kappa shape index (κ1) is 16.0. The van der Waals surface area contributed by atoms with Crippen LogP contribution in [0.4, 0.5) is 11.6 Å². The predicted molar refractivity (Wildman–Crippen MR) is 87.8 cm³/mol. The quantitative estimate of drug-likeness (QED) is 0.858. The average Bonchev–Trinajstić information content (AvgIpc) is 2.48. The van der Waals surface area contributed by atoms with Crippen LogP contribution in [0, 0.1) is 6.92 Å². The molecule has 0 aliphatic carbocycles. The molecule has 1 aliphatic heterocycles. The summed E-state index contributed by atoms with van der Waals surface area (Å²) in [6, 6.07) is 0. The van der Waals surface area contributed by atoms with Gasteiger partial charge in [-0.05, 0) is 21.0 Å². The number of aryl methyl sites for hydroxylation is 1. The van der Waals surface area contributed by atoms with Crippen LogP contribution < -0.4 is 10.6 Å². The van der Waals surface area contributed by atoms with Gasteiger partial charge in [0.05, 0.1) is 0 Å². The number of anilines is 2. The summed E-state index contributed by atoms with van der Waals surface area (Å²) in [5.41, 5.74) is 7.03. The van der Waals surface area contributed by atoms with Crippen LogP contribution in [0.2, 0.25) is 0 Å². The molecule has 6 heteroatoms. The van der Waals surface area contributed by atoms with Crippen LogP contribution in [0.25, 0.3) is 0 Å². The molecule has 0 amide bonds. The Kier molecular flexibility index (Phi) is 5.36. The van der Waals surface area contributed by atoms with E-state index in [1.807, 2.05) is 6.92 Å². The van der Waals surface area contributed by atoms with Crippen molar-refractivity contribution in [3.05, 3.63) is 11.4 Å². The zero-order valence-electron chi connectivity index (χ0n) is 13.8. The van der Waals surface area contributed by atoms with Crippen LogP contribution in [-0.2, 0) is 6.42 Å². The molecule has 0 radical (unpaired) electrons.